The van der Waals surface area contributed by atoms with Crippen LogP contribution in [0.3, 0.4) is 0 Å². The summed E-state index contributed by atoms with van der Waals surface area (Å²) in [7, 11) is -1.66. The van der Waals surface area contributed by atoms with Crippen molar-refractivity contribution in [2.45, 2.75) is 31.9 Å². The summed E-state index contributed by atoms with van der Waals surface area (Å²) in [5, 5.41) is 12.6. The molecule has 2 N–H and O–H groups in total. The number of hydrogen-bond acceptors (Lipinski definition) is 4. The Labute approximate surface area is 91.5 Å². The summed E-state index contributed by atoms with van der Waals surface area (Å²) in [6, 6.07) is -0.313. The minimum Gasteiger partial charge on any atom is -0.390 e. The van der Waals surface area contributed by atoms with Gasteiger partial charge in [0.05, 0.1) is 17.9 Å². The fraction of sp³-hybridized carbons (Fsp3) is 1.00. The molecule has 0 spiro atoms. The number of sulfonamides is 1. The monoisotopic (exact) mass is 236 g/mol. The highest BCUT2D eigenvalue weighted by Gasteiger charge is 2.34. The molecule has 0 aromatic carbocycles. The van der Waals surface area contributed by atoms with Gasteiger partial charge >= 0.3 is 0 Å². The second-order valence-corrected chi connectivity index (χ2v) is 6.13. The summed E-state index contributed by atoms with van der Waals surface area (Å²) >= 11 is 0. The second kappa shape index (κ2) is 5.25. The molecule has 0 unspecified atom stereocenters. The zero-order valence-corrected chi connectivity index (χ0v) is 10.1. The zero-order chi connectivity index (χ0) is 11.5. The van der Waals surface area contributed by atoms with Crippen molar-refractivity contribution in [1.29, 1.82) is 0 Å². The van der Waals surface area contributed by atoms with Gasteiger partial charge < -0.3 is 10.4 Å². The van der Waals surface area contributed by atoms with Gasteiger partial charge in [0.15, 0.2) is 0 Å². The van der Waals surface area contributed by atoms with Crippen LogP contribution in [-0.4, -0.2) is 55.9 Å². The highest BCUT2D eigenvalue weighted by molar-refractivity contribution is 7.89. The van der Waals surface area contributed by atoms with Gasteiger partial charge in [-0.15, -0.1) is 0 Å². The summed E-state index contributed by atoms with van der Waals surface area (Å²) in [6.45, 7) is 2.96. The van der Waals surface area contributed by atoms with Gasteiger partial charge in [-0.3, -0.25) is 0 Å². The predicted octanol–water partition coefficient (Wildman–Crippen LogP) is -0.619. The Kier molecular flexibility index (Phi) is 4.51. The molecule has 1 saturated heterocycles. The van der Waals surface area contributed by atoms with E-state index in [4.69, 9.17) is 0 Å². The molecule has 1 fully saturated rings. The highest BCUT2D eigenvalue weighted by atomic mass is 32.2. The average molecular weight is 236 g/mol. The Hall–Kier alpha value is -0.170. The van der Waals surface area contributed by atoms with Crippen molar-refractivity contribution in [3.63, 3.8) is 0 Å². The Morgan fingerprint density at radius 2 is 2.13 bits per heavy atom. The van der Waals surface area contributed by atoms with E-state index in [1.807, 2.05) is 6.92 Å². The van der Waals surface area contributed by atoms with Crippen LogP contribution in [0.1, 0.15) is 19.8 Å². The quantitative estimate of drug-likeness (QED) is 0.667. The predicted molar refractivity (Wildman–Crippen MR) is 59.1 cm³/mol. The van der Waals surface area contributed by atoms with Gasteiger partial charge in [0.25, 0.3) is 0 Å². The van der Waals surface area contributed by atoms with E-state index in [2.05, 4.69) is 5.32 Å². The molecule has 0 aromatic heterocycles. The van der Waals surface area contributed by atoms with Crippen LogP contribution in [0, 0.1) is 0 Å². The maximum Gasteiger partial charge on any atom is 0.214 e. The van der Waals surface area contributed by atoms with Crippen molar-refractivity contribution in [2.75, 3.05) is 25.9 Å². The topological polar surface area (TPSA) is 69.6 Å². The van der Waals surface area contributed by atoms with E-state index in [1.165, 1.54) is 4.31 Å². The van der Waals surface area contributed by atoms with E-state index in [0.29, 0.717) is 19.5 Å². The first-order valence-corrected chi connectivity index (χ1v) is 6.94. The molecule has 0 aliphatic carbocycles. The maximum atomic E-state index is 11.8. The molecule has 90 valence electrons. The number of β-amino-alcohol motifs (C(OH)–C–C–N with tert-alkyl or cyclic N) is 1. The Bertz CT molecular complexity index is 292. The molecular formula is C9H20N2O3S. The van der Waals surface area contributed by atoms with Gasteiger partial charge in [0.1, 0.15) is 0 Å². The van der Waals surface area contributed by atoms with Crippen molar-refractivity contribution in [3.05, 3.63) is 0 Å². The normalized spacial score (nSPS) is 27.5. The minimum atomic E-state index is -3.21. The minimum absolute atomic E-state index is 0.170. The van der Waals surface area contributed by atoms with Crippen molar-refractivity contribution in [2.24, 2.45) is 0 Å². The molecule has 0 saturated carbocycles. The first-order valence-electron chi connectivity index (χ1n) is 5.33. The smallest absolute Gasteiger partial charge is 0.214 e. The van der Waals surface area contributed by atoms with E-state index in [0.717, 1.165) is 6.42 Å². The van der Waals surface area contributed by atoms with Crippen molar-refractivity contribution < 1.29 is 13.5 Å². The second-order valence-electron chi connectivity index (χ2n) is 3.98. The lowest BCUT2D eigenvalue weighted by Gasteiger charge is -2.25. The van der Waals surface area contributed by atoms with Gasteiger partial charge in [0, 0.05) is 20.1 Å². The third-order valence-corrected chi connectivity index (χ3v) is 4.77. The number of aliphatic hydroxyl groups excluding tert-OH is 1. The lowest BCUT2D eigenvalue weighted by atomic mass is 10.2. The van der Waals surface area contributed by atoms with Crippen molar-refractivity contribution >= 4 is 10.0 Å². The number of unbranched alkanes of at least 4 members (excludes halogenated alkanes) is 1. The standard InChI is InChI=1S/C9H20N2O3S/c1-3-4-5-15(13,14)11(2)8-6-10-7-9(8)12/h8-10,12H,3-7H2,1-2H3/t8-,9-/m0/s1. The molecule has 1 aliphatic rings. The molecule has 15 heavy (non-hydrogen) atoms. The highest BCUT2D eigenvalue weighted by Crippen LogP contribution is 2.13. The maximum absolute atomic E-state index is 11.8. The third kappa shape index (κ3) is 3.14. The van der Waals surface area contributed by atoms with Crippen molar-refractivity contribution in [3.8, 4) is 0 Å². The summed E-state index contributed by atoms with van der Waals surface area (Å²) < 4.78 is 24.9. The zero-order valence-electron chi connectivity index (χ0n) is 9.31. The molecule has 5 nitrogen and oxygen atoms in total. The lowest BCUT2D eigenvalue weighted by Crippen LogP contribution is -2.45. The van der Waals surface area contributed by atoms with Gasteiger partial charge in [0.2, 0.25) is 10.0 Å². The van der Waals surface area contributed by atoms with Crippen LogP contribution in [0.5, 0.6) is 0 Å². The molecule has 0 aromatic rings. The summed E-state index contributed by atoms with van der Waals surface area (Å²) in [4.78, 5) is 0. The van der Waals surface area contributed by atoms with Crippen LogP contribution in [0.2, 0.25) is 0 Å². The van der Waals surface area contributed by atoms with Gasteiger partial charge in [-0.1, -0.05) is 13.3 Å². The molecule has 1 aliphatic heterocycles. The van der Waals surface area contributed by atoms with Crippen LogP contribution in [0.25, 0.3) is 0 Å². The number of nitrogens with one attached hydrogen (secondary N) is 1. The van der Waals surface area contributed by atoms with E-state index in [9.17, 15) is 13.5 Å². The van der Waals surface area contributed by atoms with E-state index < -0.39 is 16.1 Å². The van der Waals surface area contributed by atoms with E-state index in [-0.39, 0.29) is 11.8 Å². The molecule has 1 heterocycles. The van der Waals surface area contributed by atoms with Gasteiger partial charge in [-0.05, 0) is 6.42 Å². The van der Waals surface area contributed by atoms with Crippen LogP contribution in [0.4, 0.5) is 0 Å². The Morgan fingerprint density at radius 1 is 1.47 bits per heavy atom. The summed E-state index contributed by atoms with van der Waals surface area (Å²) in [5.74, 6) is 0.170. The van der Waals surface area contributed by atoms with E-state index in [1.54, 1.807) is 7.05 Å². The fourth-order valence-corrected chi connectivity index (χ4v) is 3.27. The lowest BCUT2D eigenvalue weighted by molar-refractivity contribution is 0.136. The molecule has 1 rings (SSSR count). The first kappa shape index (κ1) is 12.9. The van der Waals surface area contributed by atoms with Crippen LogP contribution >= 0.6 is 0 Å². The Balaban J connectivity index is 2.62. The largest absolute Gasteiger partial charge is 0.390 e. The molecule has 6 heteroatoms. The fourth-order valence-electron chi connectivity index (χ4n) is 1.70. The van der Waals surface area contributed by atoms with Gasteiger partial charge in [-0.25, -0.2) is 8.42 Å². The van der Waals surface area contributed by atoms with Crippen LogP contribution in [0.15, 0.2) is 0 Å². The molecule has 2 atom stereocenters. The Morgan fingerprint density at radius 3 is 2.60 bits per heavy atom. The molecule has 0 bridgehead atoms. The summed E-state index contributed by atoms with van der Waals surface area (Å²) in [6.07, 6.45) is 0.938. The third-order valence-electron chi connectivity index (χ3n) is 2.81. The number of hydrogen-bond donors (Lipinski definition) is 2. The number of aliphatic hydroxyl groups is 1. The van der Waals surface area contributed by atoms with Crippen LogP contribution < -0.4 is 5.32 Å². The number of likely N-dealkylation sites (N-methyl/N-ethyl adjacent to an activating group) is 1. The molecular weight excluding hydrogens is 216 g/mol. The summed E-state index contributed by atoms with van der Waals surface area (Å²) in [5.41, 5.74) is 0. The molecule has 0 amide bonds. The molecule has 0 radical (unpaired) electrons. The SMILES string of the molecule is CCCCS(=O)(=O)N(C)[C@H]1CNC[C@@H]1O. The van der Waals surface area contributed by atoms with Crippen molar-refractivity contribution in [1.82, 2.24) is 9.62 Å². The average Bonchev–Trinajstić information content (AvgIpc) is 2.60. The van der Waals surface area contributed by atoms with Gasteiger partial charge in [-0.2, -0.15) is 4.31 Å². The van der Waals surface area contributed by atoms with Crippen LogP contribution in [-0.2, 0) is 10.0 Å². The number of nitrogens with zero attached hydrogens (tertiary/aromatic N) is 1. The number of rotatable bonds is 5. The first-order chi connectivity index (χ1) is 6.99. The van der Waals surface area contributed by atoms with E-state index >= 15 is 0 Å².